The van der Waals surface area contributed by atoms with Crippen LogP contribution in [0.1, 0.15) is 55.7 Å². The zero-order valence-corrected chi connectivity index (χ0v) is 24.9. The Morgan fingerprint density at radius 2 is 1.84 bits per heavy atom. The zero-order chi connectivity index (χ0) is 30.4. The molecule has 2 atom stereocenters. The van der Waals surface area contributed by atoms with Crippen LogP contribution in [0.15, 0.2) is 84.1 Å². The van der Waals surface area contributed by atoms with Gasteiger partial charge in [0.1, 0.15) is 12.1 Å². The fraction of sp³-hybridized carbons (Fsp3) is 0.333. The lowest BCUT2D eigenvalue weighted by Gasteiger charge is -2.15. The highest BCUT2D eigenvalue weighted by Crippen LogP contribution is 2.37. The summed E-state index contributed by atoms with van der Waals surface area (Å²) in [5.41, 5.74) is 5.16. The highest BCUT2D eigenvalue weighted by atomic mass is 32.2. The molecule has 0 aliphatic carbocycles. The number of aryl methyl sites for hydroxylation is 2. The van der Waals surface area contributed by atoms with Crippen LogP contribution in [0.4, 0.5) is 13.2 Å². The molecule has 1 aliphatic rings. The Balaban J connectivity index is 1.13. The Hall–Kier alpha value is -3.92. The molecule has 1 amide bonds. The Morgan fingerprint density at radius 3 is 2.56 bits per heavy atom. The van der Waals surface area contributed by atoms with Gasteiger partial charge in [-0.3, -0.25) is 4.79 Å². The zero-order valence-electron chi connectivity index (χ0n) is 24.1. The molecule has 43 heavy (non-hydrogen) atoms. The molecule has 5 rings (SSSR count). The number of alkyl halides is 3. The third-order valence-electron chi connectivity index (χ3n) is 7.49. The maximum atomic E-state index is 12.9. The molecule has 2 heterocycles. The summed E-state index contributed by atoms with van der Waals surface area (Å²) in [7, 11) is 0. The van der Waals surface area contributed by atoms with Crippen LogP contribution < -0.4 is 4.74 Å². The number of aromatic nitrogens is 3. The van der Waals surface area contributed by atoms with E-state index in [1.165, 1.54) is 46.4 Å². The van der Waals surface area contributed by atoms with Crippen molar-refractivity contribution in [1.82, 2.24) is 14.8 Å². The predicted octanol–water partition coefficient (Wildman–Crippen LogP) is 8.20. The van der Waals surface area contributed by atoms with E-state index in [0.717, 1.165) is 47.6 Å². The molecular formula is C33H33F3N4O2S. The van der Waals surface area contributed by atoms with Gasteiger partial charge in [-0.2, -0.15) is 0 Å². The topological polar surface area (TPSA) is 69.4 Å². The van der Waals surface area contributed by atoms with Gasteiger partial charge in [0.2, 0.25) is 5.91 Å². The average Bonchev–Trinajstić information content (AvgIpc) is 3.66. The number of aliphatic imine (C=N–C) groups is 1. The van der Waals surface area contributed by atoms with Gasteiger partial charge in [0.25, 0.3) is 0 Å². The summed E-state index contributed by atoms with van der Waals surface area (Å²) in [4.78, 5) is 21.8. The van der Waals surface area contributed by atoms with Gasteiger partial charge < -0.3 is 4.74 Å². The van der Waals surface area contributed by atoms with Crippen molar-refractivity contribution in [2.45, 2.75) is 58.2 Å². The van der Waals surface area contributed by atoms with Crippen LogP contribution in [-0.2, 0) is 17.6 Å². The van der Waals surface area contributed by atoms with Crippen LogP contribution in [-0.4, -0.2) is 37.8 Å². The molecule has 1 saturated heterocycles. The van der Waals surface area contributed by atoms with Gasteiger partial charge in [0, 0.05) is 23.7 Å². The van der Waals surface area contributed by atoms with E-state index >= 15 is 0 Å². The van der Waals surface area contributed by atoms with Crippen molar-refractivity contribution in [2.75, 3.05) is 5.75 Å². The molecule has 0 N–H and O–H groups in total. The van der Waals surface area contributed by atoms with Gasteiger partial charge >= 0.3 is 6.36 Å². The number of rotatable bonds is 10. The van der Waals surface area contributed by atoms with E-state index < -0.39 is 6.36 Å². The third-order valence-corrected chi connectivity index (χ3v) is 8.60. The van der Waals surface area contributed by atoms with Gasteiger partial charge in [-0.15, -0.1) is 30.0 Å². The highest BCUT2D eigenvalue weighted by Gasteiger charge is 2.31. The van der Waals surface area contributed by atoms with Gasteiger partial charge in [0.05, 0.1) is 10.7 Å². The van der Waals surface area contributed by atoms with Crippen LogP contribution in [0.5, 0.6) is 5.75 Å². The number of halogens is 3. The minimum atomic E-state index is -4.74. The lowest BCUT2D eigenvalue weighted by atomic mass is 9.92. The van der Waals surface area contributed by atoms with Crippen LogP contribution in [0.2, 0.25) is 0 Å². The van der Waals surface area contributed by atoms with Gasteiger partial charge in [0.15, 0.2) is 5.82 Å². The first kappa shape index (κ1) is 30.5. The first-order chi connectivity index (χ1) is 20.7. The van der Waals surface area contributed by atoms with E-state index in [9.17, 15) is 18.0 Å². The van der Waals surface area contributed by atoms with Crippen molar-refractivity contribution in [3.63, 3.8) is 0 Å². The van der Waals surface area contributed by atoms with E-state index in [0.29, 0.717) is 17.9 Å². The summed E-state index contributed by atoms with van der Waals surface area (Å²) < 4.78 is 42.6. The van der Waals surface area contributed by atoms with Crippen LogP contribution in [0, 0.1) is 5.92 Å². The molecule has 0 saturated carbocycles. The highest BCUT2D eigenvalue weighted by molar-refractivity contribution is 8.14. The third kappa shape index (κ3) is 8.13. The lowest BCUT2D eigenvalue weighted by molar-refractivity contribution is -0.274. The second-order valence-corrected chi connectivity index (χ2v) is 11.8. The van der Waals surface area contributed by atoms with Crippen LogP contribution >= 0.6 is 11.8 Å². The quantitative estimate of drug-likeness (QED) is 0.182. The Bertz CT molecular complexity index is 1570. The van der Waals surface area contributed by atoms with Crippen molar-refractivity contribution in [3.05, 3.63) is 95.8 Å². The number of carbonyl (C=O) groups excluding carboxylic acids is 1. The smallest absolute Gasteiger partial charge is 0.406 e. The van der Waals surface area contributed by atoms with E-state index in [1.807, 2.05) is 24.3 Å². The molecule has 6 nitrogen and oxygen atoms in total. The normalized spacial score (nSPS) is 16.9. The predicted molar refractivity (Wildman–Crippen MR) is 164 cm³/mol. The minimum Gasteiger partial charge on any atom is -0.406 e. The molecule has 3 aromatic carbocycles. The van der Waals surface area contributed by atoms with E-state index in [1.54, 1.807) is 11.8 Å². The van der Waals surface area contributed by atoms with Gasteiger partial charge in [-0.1, -0.05) is 62.4 Å². The molecule has 1 aromatic heterocycles. The lowest BCUT2D eigenvalue weighted by Crippen LogP contribution is -2.17. The Kier molecular flexibility index (Phi) is 9.65. The average molecular weight is 607 g/mol. The summed E-state index contributed by atoms with van der Waals surface area (Å²) in [5, 5.41) is 5.41. The monoisotopic (exact) mass is 606 g/mol. The fourth-order valence-electron chi connectivity index (χ4n) is 5.22. The van der Waals surface area contributed by atoms with Gasteiger partial charge in [-0.05, 0) is 72.6 Å². The number of hydrogen-bond donors (Lipinski definition) is 0. The summed E-state index contributed by atoms with van der Waals surface area (Å²) in [6, 6.07) is 21.9. The van der Waals surface area contributed by atoms with Crippen molar-refractivity contribution in [2.24, 2.45) is 10.9 Å². The number of benzene rings is 3. The van der Waals surface area contributed by atoms with Gasteiger partial charge in [-0.25, -0.2) is 14.7 Å². The molecule has 0 bridgehead atoms. The Labute approximate surface area is 253 Å². The Morgan fingerprint density at radius 1 is 1.09 bits per heavy atom. The van der Waals surface area contributed by atoms with Crippen molar-refractivity contribution in [3.8, 4) is 22.8 Å². The van der Waals surface area contributed by atoms with Crippen molar-refractivity contribution in [1.29, 1.82) is 0 Å². The molecule has 1 aliphatic heterocycles. The first-order valence-electron chi connectivity index (χ1n) is 14.4. The number of thioether (sulfide) groups is 1. The largest absolute Gasteiger partial charge is 0.573 e. The SMILES string of the molecule is CCc1ccccc1C1CCSC1=NC(=O)CC(C)CCc1ccc(-c2ncn(-c3ccc(OC(F)(F)F)cc3)n2)cc1. The molecule has 10 heteroatoms. The second kappa shape index (κ2) is 13.6. The molecule has 0 spiro atoms. The first-order valence-corrected chi connectivity index (χ1v) is 15.4. The van der Waals surface area contributed by atoms with E-state index in [4.69, 9.17) is 0 Å². The molecule has 2 unspecified atom stereocenters. The molecule has 4 aromatic rings. The number of hydrogen-bond acceptors (Lipinski definition) is 5. The number of amides is 1. The number of carbonyl (C=O) groups is 1. The summed E-state index contributed by atoms with van der Waals surface area (Å²) >= 11 is 1.71. The maximum absolute atomic E-state index is 12.9. The maximum Gasteiger partial charge on any atom is 0.573 e. The summed E-state index contributed by atoms with van der Waals surface area (Å²) in [6.45, 7) is 4.26. The van der Waals surface area contributed by atoms with E-state index in [-0.39, 0.29) is 23.5 Å². The minimum absolute atomic E-state index is 0.0459. The standard InChI is InChI=1S/C33H33F3N4O2S/c1-3-24-6-4-5-7-28(24)29-18-19-43-32(29)38-30(41)20-22(2)8-9-23-10-12-25(13-11-23)31-37-21-40(39-31)26-14-16-27(17-15-26)42-33(34,35)36/h4-7,10-17,21-22,29H,3,8-9,18-20H2,1-2H3. The fourth-order valence-corrected chi connectivity index (χ4v) is 6.40. The van der Waals surface area contributed by atoms with E-state index in [2.05, 4.69) is 57.9 Å². The summed E-state index contributed by atoms with van der Waals surface area (Å²) in [5.74, 6) is 1.58. The molecular weight excluding hydrogens is 573 g/mol. The number of ether oxygens (including phenoxy) is 1. The second-order valence-electron chi connectivity index (χ2n) is 10.7. The van der Waals surface area contributed by atoms with Crippen molar-refractivity contribution < 1.29 is 22.7 Å². The van der Waals surface area contributed by atoms with Crippen LogP contribution in [0.3, 0.4) is 0 Å². The van der Waals surface area contributed by atoms with Crippen LogP contribution in [0.25, 0.3) is 17.1 Å². The molecule has 224 valence electrons. The molecule has 1 fully saturated rings. The molecule has 0 radical (unpaired) electrons. The number of nitrogens with zero attached hydrogens (tertiary/aromatic N) is 4. The van der Waals surface area contributed by atoms with Crippen molar-refractivity contribution >= 4 is 22.7 Å². The summed E-state index contributed by atoms with van der Waals surface area (Å²) in [6.07, 6.45) is 0.890.